The zero-order valence-corrected chi connectivity index (χ0v) is 69.2. The Morgan fingerprint density at radius 3 is 1.00 bits per heavy atom. The lowest BCUT2D eigenvalue weighted by atomic mass is 9.79. The summed E-state index contributed by atoms with van der Waals surface area (Å²) >= 11 is 0. The van der Waals surface area contributed by atoms with E-state index in [1.807, 2.05) is 64.6 Å². The predicted octanol–water partition coefficient (Wildman–Crippen LogP) is 17.5. The number of nitrogens with zero attached hydrogens (tertiary/aromatic N) is 9. The van der Waals surface area contributed by atoms with E-state index in [9.17, 15) is 19.8 Å². The molecule has 20 heteroatoms. The maximum atomic E-state index is 12.7. The van der Waals surface area contributed by atoms with Crippen molar-refractivity contribution in [2.45, 2.75) is 23.4 Å². The number of anilines is 7. The molecule has 0 unspecified atom stereocenters. The lowest BCUT2D eigenvalue weighted by Gasteiger charge is -2.30. The van der Waals surface area contributed by atoms with Crippen molar-refractivity contribution in [1.82, 2.24) is 0 Å². The van der Waals surface area contributed by atoms with Crippen molar-refractivity contribution in [1.29, 1.82) is 0 Å². The molecule has 0 aliphatic carbocycles. The molecule has 0 fully saturated rings. The number of carbonyl (C=O) groups excluding carboxylic acids is 2. The van der Waals surface area contributed by atoms with Crippen LogP contribution in [0.2, 0.25) is 0 Å². The fourth-order valence-corrected chi connectivity index (χ4v) is 13.9. The maximum Gasteiger partial charge on any atom is 0.340 e. The number of phenolic OH excluding ortho intramolecular Hbond substituents is 2. The lowest BCUT2D eigenvalue weighted by Crippen LogP contribution is -2.29. The lowest BCUT2D eigenvalue weighted by molar-refractivity contribution is -0.114. The fraction of sp³-hybridized carbons (Fsp3) is 0.224. The van der Waals surface area contributed by atoms with Crippen molar-refractivity contribution < 1.29 is 38.7 Å². The van der Waals surface area contributed by atoms with Gasteiger partial charge in [-0.15, -0.1) is 6.42 Å². The summed E-state index contributed by atoms with van der Waals surface area (Å²) in [5.74, 6) is 4.59. The Kier molecular flexibility index (Phi) is 30.4. The minimum Gasteiger partial charge on any atom is -0.508 e. The third kappa shape index (κ3) is 22.4. The number of azide groups is 1. The van der Waals surface area contributed by atoms with E-state index in [1.54, 1.807) is 42.5 Å². The van der Waals surface area contributed by atoms with Crippen LogP contribution in [0.3, 0.4) is 0 Å². The second-order valence-electron chi connectivity index (χ2n) is 29.5. The number of nitrogens with two attached hydrogens (primary N) is 2. The molecule has 1 heterocycles. The molecule has 13 rings (SSSR count). The van der Waals surface area contributed by atoms with Gasteiger partial charge >= 0.3 is 5.97 Å². The van der Waals surface area contributed by atoms with Crippen LogP contribution in [0.25, 0.3) is 10.4 Å². The molecule has 118 heavy (non-hydrogen) atoms. The standard InChI is InChI=1S/C26H28N2O.C25H29N5O.C25H31N3O.C22H18N2O5/c1-6-19-29-25-17-11-22(12-18-25)26(20-7-13-23(14-8-20)27(2)3)21-9-15-24(16-10-21)28(4)5;1-29(2)22-11-5-19(6-12-22)25(20-7-13-23(14-8-20)30(3)4)21-9-15-24(16-10-21)31-18-17-27-28-26;1-27(2)22-11-5-19(6-12-22)25(20-7-13-23(14-8-20)28(3)4)21-9-15-24(16-10-21)29-18-17-26;23-12-20(27)24-15-5-10-18-19(11-15)22(29-21(18)28,13-1-6-16(25)7-2-13)14-3-8-17(26)9-4-14/h1,7-18,26H,19H2,2-5H3;5-16,25H,17-18H2,1-4H3;5-16,25H,17-18,26H2,1-4H3;1-11,25-26H,12,23H2,(H,24,27). The molecule has 1 aliphatic rings. The number of rotatable bonds is 28. The first-order valence-electron chi connectivity index (χ1n) is 38.8. The van der Waals surface area contributed by atoms with Gasteiger partial charge in [-0.2, -0.15) is 0 Å². The van der Waals surface area contributed by atoms with Gasteiger partial charge < -0.3 is 75.3 Å². The molecule has 0 spiro atoms. The van der Waals surface area contributed by atoms with E-state index in [-0.39, 0.29) is 48.3 Å². The molecule has 12 aromatic carbocycles. The topological polar surface area (TPSA) is 244 Å². The van der Waals surface area contributed by atoms with Gasteiger partial charge in [0, 0.05) is 170 Å². The van der Waals surface area contributed by atoms with Crippen LogP contribution < -0.4 is 60.4 Å². The summed E-state index contributed by atoms with van der Waals surface area (Å²) in [6.07, 6.45) is 5.29. The zero-order chi connectivity index (χ0) is 84.4. The quantitative estimate of drug-likeness (QED) is 0.00582. The number of benzene rings is 12. The van der Waals surface area contributed by atoms with Crippen molar-refractivity contribution >= 4 is 51.7 Å². The number of carbonyl (C=O) groups is 2. The number of terminal acetylenes is 1. The summed E-state index contributed by atoms with van der Waals surface area (Å²) in [5, 5.41) is 25.6. The van der Waals surface area contributed by atoms with Gasteiger partial charge in [0.2, 0.25) is 5.91 Å². The minimum atomic E-state index is -1.31. The normalized spacial score (nSPS) is 11.5. The van der Waals surface area contributed by atoms with E-state index in [0.717, 1.165) is 17.2 Å². The Morgan fingerprint density at radius 2 is 0.729 bits per heavy atom. The molecule has 0 radical (unpaired) electrons. The second-order valence-corrected chi connectivity index (χ2v) is 29.5. The molecular weight excluding hydrogens is 1470 g/mol. The molecular formula is C98H106N12O8. The Balaban J connectivity index is 0.000000166. The van der Waals surface area contributed by atoms with Crippen LogP contribution in [-0.4, -0.2) is 146 Å². The van der Waals surface area contributed by atoms with Crippen molar-refractivity contribution in [3.63, 3.8) is 0 Å². The molecule has 0 atom stereocenters. The summed E-state index contributed by atoms with van der Waals surface area (Å²) < 4.78 is 22.8. The summed E-state index contributed by atoms with van der Waals surface area (Å²) in [4.78, 5) is 39.9. The molecule has 0 bridgehead atoms. The molecule has 1 amide bonds. The molecule has 12 aromatic rings. The highest BCUT2D eigenvalue weighted by Gasteiger charge is 2.49. The molecule has 606 valence electrons. The van der Waals surface area contributed by atoms with Crippen molar-refractivity contribution in [3.8, 4) is 41.1 Å². The Morgan fingerprint density at radius 1 is 0.441 bits per heavy atom. The number of fused-ring (bicyclic) bond motifs is 1. The van der Waals surface area contributed by atoms with Crippen molar-refractivity contribution in [3.05, 3.63) is 368 Å². The molecule has 1 aliphatic heterocycles. The molecule has 20 nitrogen and oxygen atoms in total. The van der Waals surface area contributed by atoms with E-state index in [2.05, 4.69) is 289 Å². The third-order valence-corrected chi connectivity index (χ3v) is 20.2. The van der Waals surface area contributed by atoms with E-state index in [4.69, 9.17) is 42.4 Å². The SMILES string of the molecule is C#CCOc1ccc(C(c2ccc(N(C)C)cc2)c2ccc(N(C)C)cc2)cc1.CN(C)c1ccc(C(c2ccc(OCCN)cc2)c2ccc(N(C)C)cc2)cc1.CN(C)c1ccc(C(c2ccc(OCCN=[N+]=[N-])cc2)c2ccc(N(C)C)cc2)cc1.NCC(=O)Nc1ccc2c(c1)C(c1ccc(O)cc1)(c1ccc(O)cc1)OC2=O. The van der Waals surface area contributed by atoms with Crippen LogP contribution in [0.5, 0.6) is 28.7 Å². The molecule has 0 aromatic heterocycles. The smallest absolute Gasteiger partial charge is 0.340 e. The van der Waals surface area contributed by atoms with Crippen molar-refractivity contribution in [2.75, 3.05) is 159 Å². The molecule has 0 saturated heterocycles. The van der Waals surface area contributed by atoms with E-state index >= 15 is 0 Å². The first kappa shape index (κ1) is 86.6. The molecule has 0 saturated carbocycles. The highest BCUT2D eigenvalue weighted by molar-refractivity contribution is 5.98. The van der Waals surface area contributed by atoms with Crippen LogP contribution in [-0.2, 0) is 15.1 Å². The van der Waals surface area contributed by atoms with Gasteiger partial charge in [-0.05, 0) is 207 Å². The predicted molar refractivity (Wildman–Crippen MR) is 481 cm³/mol. The van der Waals surface area contributed by atoms with Gasteiger partial charge in [0.1, 0.15) is 42.0 Å². The van der Waals surface area contributed by atoms with Crippen LogP contribution in [0.1, 0.15) is 94.9 Å². The highest BCUT2D eigenvalue weighted by Crippen LogP contribution is 2.49. The number of cyclic esters (lactones) is 1. The van der Waals surface area contributed by atoms with Crippen molar-refractivity contribution in [2.24, 2.45) is 16.6 Å². The van der Waals surface area contributed by atoms with Crippen LogP contribution in [0, 0.1) is 12.3 Å². The summed E-state index contributed by atoms with van der Waals surface area (Å²) in [7, 11) is 24.7. The van der Waals surface area contributed by atoms with Crippen LogP contribution >= 0.6 is 0 Å². The Hall–Kier alpha value is -13.8. The largest absolute Gasteiger partial charge is 0.508 e. The summed E-state index contributed by atoms with van der Waals surface area (Å²) in [6, 6.07) is 94.8. The average molecular weight is 1580 g/mol. The summed E-state index contributed by atoms with van der Waals surface area (Å²) in [5.41, 5.74) is 38.8. The number of phenols is 2. The number of ether oxygens (including phenoxy) is 4. The monoisotopic (exact) mass is 1580 g/mol. The minimum absolute atomic E-state index is 0.0723. The fourth-order valence-electron chi connectivity index (χ4n) is 13.9. The maximum absolute atomic E-state index is 12.7. The van der Waals surface area contributed by atoms with E-state index < -0.39 is 11.6 Å². The number of esters is 1. The van der Waals surface area contributed by atoms with E-state index in [0.29, 0.717) is 54.2 Å². The van der Waals surface area contributed by atoms with Gasteiger partial charge in [-0.1, -0.05) is 144 Å². The third-order valence-electron chi connectivity index (χ3n) is 20.2. The van der Waals surface area contributed by atoms with Crippen LogP contribution in [0.15, 0.2) is 290 Å². The highest BCUT2D eigenvalue weighted by atomic mass is 16.6. The number of amides is 1. The second kappa shape index (κ2) is 41.5. The van der Waals surface area contributed by atoms with E-state index in [1.165, 1.54) is 108 Å². The van der Waals surface area contributed by atoms with Gasteiger partial charge in [-0.3, -0.25) is 4.79 Å². The van der Waals surface area contributed by atoms with Gasteiger partial charge in [0.25, 0.3) is 0 Å². The average Bonchev–Trinajstić information content (AvgIpc) is 1.56. The van der Waals surface area contributed by atoms with Gasteiger partial charge in [0.05, 0.1) is 25.3 Å². The Bertz CT molecular complexity index is 5070. The van der Waals surface area contributed by atoms with Gasteiger partial charge in [0.15, 0.2) is 5.60 Å². The van der Waals surface area contributed by atoms with Gasteiger partial charge in [-0.25, -0.2) is 4.79 Å². The zero-order valence-electron chi connectivity index (χ0n) is 69.2. The first-order valence-corrected chi connectivity index (χ1v) is 38.8. The summed E-state index contributed by atoms with van der Waals surface area (Å²) in [6.45, 7) is 1.83. The van der Waals surface area contributed by atoms with Crippen LogP contribution in [0.4, 0.5) is 39.8 Å². The Labute approximate surface area is 694 Å². The molecule has 7 N–H and O–H groups in total. The number of hydrogen-bond acceptors (Lipinski definition) is 17. The number of hydrogen-bond donors (Lipinski definition) is 5. The number of nitrogens with one attached hydrogen (secondary N) is 1. The number of aromatic hydroxyl groups is 2. The first-order chi connectivity index (χ1) is 56.9.